The van der Waals surface area contributed by atoms with Crippen molar-refractivity contribution in [3.05, 3.63) is 60.6 Å². The number of aromatic nitrogens is 3. The highest BCUT2D eigenvalue weighted by atomic mass is 32.2. The van der Waals surface area contributed by atoms with Gasteiger partial charge >= 0.3 is 6.09 Å². The number of rotatable bonds is 8. The van der Waals surface area contributed by atoms with Crippen LogP contribution >= 0.6 is 0 Å². The lowest BCUT2D eigenvalue weighted by Crippen LogP contribution is -2.50. The molecule has 240 valence electrons. The molecule has 1 aromatic carbocycles. The van der Waals surface area contributed by atoms with Crippen molar-refractivity contribution in [3.8, 4) is 22.6 Å². The number of fused-ring (bicyclic) bond motifs is 1. The summed E-state index contributed by atoms with van der Waals surface area (Å²) < 4.78 is 70.6. The minimum Gasteiger partial charge on any atom is -0.495 e. The molecule has 45 heavy (non-hydrogen) atoms. The molecule has 1 aliphatic heterocycles. The third kappa shape index (κ3) is 6.95. The number of nitrogens with zero attached hydrogens (tertiary/aromatic N) is 5. The molecule has 1 N–H and O–H groups in total. The van der Waals surface area contributed by atoms with Gasteiger partial charge in [-0.15, -0.1) is 0 Å². The lowest BCUT2D eigenvalue weighted by Gasteiger charge is -2.36. The van der Waals surface area contributed by atoms with E-state index in [2.05, 4.69) is 9.71 Å². The van der Waals surface area contributed by atoms with E-state index in [0.717, 1.165) is 12.1 Å². The van der Waals surface area contributed by atoms with Crippen LogP contribution in [0.5, 0.6) is 5.75 Å². The predicted molar refractivity (Wildman–Crippen MR) is 168 cm³/mol. The maximum atomic E-state index is 15.9. The van der Waals surface area contributed by atoms with Gasteiger partial charge in [0.2, 0.25) is 10.0 Å². The molecule has 0 radical (unpaired) electrons. The molecule has 1 aliphatic rings. The van der Waals surface area contributed by atoms with Crippen LogP contribution in [0.1, 0.15) is 34.1 Å². The van der Waals surface area contributed by atoms with Gasteiger partial charge in [0.25, 0.3) is 0 Å². The Kier molecular flexibility index (Phi) is 8.88. The minimum absolute atomic E-state index is 0.211. The lowest BCUT2D eigenvalue weighted by molar-refractivity contribution is 0.0240. The van der Waals surface area contributed by atoms with Gasteiger partial charge in [-0.3, -0.25) is 9.71 Å². The van der Waals surface area contributed by atoms with Crippen LogP contribution in [0.25, 0.3) is 27.8 Å². The van der Waals surface area contributed by atoms with Crippen LogP contribution in [0.4, 0.5) is 25.1 Å². The second-order valence-corrected chi connectivity index (χ2v) is 13.5. The summed E-state index contributed by atoms with van der Waals surface area (Å²) in [7, 11) is -2.33. The fourth-order valence-corrected chi connectivity index (χ4v) is 6.25. The number of carbonyl (C=O) groups is 1. The molecule has 4 heterocycles. The molecule has 4 aromatic rings. The van der Waals surface area contributed by atoms with Crippen LogP contribution in [-0.4, -0.2) is 78.6 Å². The van der Waals surface area contributed by atoms with Gasteiger partial charge in [-0.2, -0.15) is 0 Å². The zero-order valence-electron chi connectivity index (χ0n) is 25.8. The zero-order valence-corrected chi connectivity index (χ0v) is 26.6. The molecule has 0 atom stereocenters. The first kappa shape index (κ1) is 31.9. The van der Waals surface area contributed by atoms with E-state index in [0.29, 0.717) is 66.3 Å². The van der Waals surface area contributed by atoms with Crippen LogP contribution in [-0.2, 0) is 14.8 Å². The number of carbonyl (C=O) groups excluding carboxylic acids is 1. The molecule has 3 aromatic heterocycles. The molecule has 0 bridgehead atoms. The number of anilines is 2. The maximum absolute atomic E-state index is 15.9. The van der Waals surface area contributed by atoms with Crippen molar-refractivity contribution in [1.29, 1.82) is 0 Å². The average Bonchev–Trinajstić information content (AvgIpc) is 3.36. The highest BCUT2D eigenvalue weighted by Crippen LogP contribution is 2.36. The second kappa shape index (κ2) is 12.5. The van der Waals surface area contributed by atoms with E-state index in [1.807, 2.05) is 25.7 Å². The SMILES string of the molecule is CCCS(=O)(=O)Nc1ccc(F)c(-n2cc(-c3cncc(OC)c3)c3nc(N4CCN(C(=O)OC(C)(C)C)CC4)ccc32)c1F. The van der Waals surface area contributed by atoms with Gasteiger partial charge in [-0.25, -0.2) is 27.0 Å². The number of nitrogens with one attached hydrogen (secondary N) is 1. The van der Waals surface area contributed by atoms with Crippen LogP contribution in [0.15, 0.2) is 48.9 Å². The van der Waals surface area contributed by atoms with Gasteiger partial charge in [-0.1, -0.05) is 6.92 Å². The molecule has 1 saturated heterocycles. The molecule has 0 aliphatic carbocycles. The van der Waals surface area contributed by atoms with Crippen LogP contribution in [0.3, 0.4) is 0 Å². The Labute approximate surface area is 260 Å². The van der Waals surface area contributed by atoms with Crippen LogP contribution in [0.2, 0.25) is 0 Å². The van der Waals surface area contributed by atoms with Crippen molar-refractivity contribution in [1.82, 2.24) is 19.4 Å². The number of hydrogen-bond donors (Lipinski definition) is 1. The Hall–Kier alpha value is -4.46. The Bertz CT molecular complexity index is 1830. The van der Waals surface area contributed by atoms with E-state index >= 15 is 8.78 Å². The molecule has 1 amide bonds. The van der Waals surface area contributed by atoms with Crippen molar-refractivity contribution < 1.29 is 31.5 Å². The van der Waals surface area contributed by atoms with E-state index < -0.39 is 32.9 Å². The fourth-order valence-electron chi connectivity index (χ4n) is 5.12. The molecule has 0 unspecified atom stereocenters. The second-order valence-electron chi connectivity index (χ2n) is 11.7. The molecule has 14 heteroatoms. The van der Waals surface area contributed by atoms with Gasteiger partial charge in [0, 0.05) is 49.7 Å². The number of halogens is 2. The first-order valence-corrected chi connectivity index (χ1v) is 16.2. The molecular formula is C31H36F2N6O5S. The normalized spacial score (nSPS) is 14.1. The molecule has 1 fully saturated rings. The highest BCUT2D eigenvalue weighted by Gasteiger charge is 2.28. The minimum atomic E-state index is -3.84. The fraction of sp³-hybridized carbons (Fsp3) is 0.387. The highest BCUT2D eigenvalue weighted by molar-refractivity contribution is 7.92. The van der Waals surface area contributed by atoms with Gasteiger partial charge in [0.1, 0.15) is 28.7 Å². The summed E-state index contributed by atoms with van der Waals surface area (Å²) in [5, 5.41) is 0. The van der Waals surface area contributed by atoms with Gasteiger partial charge < -0.3 is 23.8 Å². The Morgan fingerprint density at radius 1 is 1.07 bits per heavy atom. The largest absolute Gasteiger partial charge is 0.495 e. The molecule has 11 nitrogen and oxygen atoms in total. The van der Waals surface area contributed by atoms with Crippen molar-refractivity contribution in [2.24, 2.45) is 0 Å². The number of piperazine rings is 1. The molecular weight excluding hydrogens is 606 g/mol. The Morgan fingerprint density at radius 2 is 1.80 bits per heavy atom. The van der Waals surface area contributed by atoms with Gasteiger partial charge in [0.15, 0.2) is 5.82 Å². The molecule has 0 spiro atoms. The van der Waals surface area contributed by atoms with E-state index in [9.17, 15) is 13.2 Å². The maximum Gasteiger partial charge on any atom is 0.410 e. The quantitative estimate of drug-likeness (QED) is 0.265. The topological polar surface area (TPSA) is 119 Å². The van der Waals surface area contributed by atoms with Crippen molar-refractivity contribution in [3.63, 3.8) is 0 Å². The smallest absolute Gasteiger partial charge is 0.410 e. The summed E-state index contributed by atoms with van der Waals surface area (Å²) in [6.07, 6.45) is 4.63. The monoisotopic (exact) mass is 642 g/mol. The van der Waals surface area contributed by atoms with Gasteiger partial charge in [0.05, 0.1) is 35.8 Å². The Balaban J connectivity index is 1.57. The summed E-state index contributed by atoms with van der Waals surface area (Å²) in [6, 6.07) is 7.28. The predicted octanol–water partition coefficient (Wildman–Crippen LogP) is 5.58. The van der Waals surface area contributed by atoms with Crippen molar-refractivity contribution in [2.75, 3.05) is 48.7 Å². The summed E-state index contributed by atoms with van der Waals surface area (Å²) in [4.78, 5) is 25.4. The number of sulfonamides is 1. The van der Waals surface area contributed by atoms with E-state index in [-0.39, 0.29) is 17.5 Å². The first-order valence-electron chi connectivity index (χ1n) is 14.5. The number of methoxy groups -OCH3 is 1. The summed E-state index contributed by atoms with van der Waals surface area (Å²) in [5.74, 6) is -1.07. The Morgan fingerprint density at radius 3 is 2.47 bits per heavy atom. The lowest BCUT2D eigenvalue weighted by atomic mass is 10.1. The average molecular weight is 643 g/mol. The standard InChI is InChI=1S/C31H36F2N6O5S/c1-6-15-45(41,42)36-24-8-7-23(32)29(27(24)33)39-19-22(20-16-21(43-5)18-34-17-20)28-25(39)9-10-26(35-28)37-11-13-38(14-12-37)30(40)44-31(2,3)4/h7-10,16-19,36H,6,11-15H2,1-5H3. The van der Waals surface area contributed by atoms with E-state index in [4.69, 9.17) is 14.5 Å². The third-order valence-corrected chi connectivity index (χ3v) is 8.67. The van der Waals surface area contributed by atoms with E-state index in [1.54, 1.807) is 42.4 Å². The zero-order chi connectivity index (χ0) is 32.5. The van der Waals surface area contributed by atoms with Crippen LogP contribution < -0.4 is 14.4 Å². The van der Waals surface area contributed by atoms with Crippen molar-refractivity contribution in [2.45, 2.75) is 39.7 Å². The van der Waals surface area contributed by atoms with Gasteiger partial charge in [-0.05, 0) is 57.5 Å². The summed E-state index contributed by atoms with van der Waals surface area (Å²) in [6.45, 7) is 9.01. The number of pyridine rings is 2. The van der Waals surface area contributed by atoms with Crippen molar-refractivity contribution >= 4 is 38.7 Å². The number of hydrogen-bond acceptors (Lipinski definition) is 8. The third-order valence-electron chi connectivity index (χ3n) is 7.19. The number of amides is 1. The van der Waals surface area contributed by atoms with E-state index in [1.165, 1.54) is 17.9 Å². The molecule has 5 rings (SSSR count). The number of benzene rings is 1. The summed E-state index contributed by atoms with van der Waals surface area (Å²) in [5.41, 5.74) is 0.526. The van der Waals surface area contributed by atoms with Crippen LogP contribution in [0, 0.1) is 11.6 Å². The first-order chi connectivity index (χ1) is 21.3. The summed E-state index contributed by atoms with van der Waals surface area (Å²) >= 11 is 0. The molecule has 0 saturated carbocycles. The number of ether oxygens (including phenoxy) is 2.